The zero-order valence-corrected chi connectivity index (χ0v) is 14.9. The molecule has 6 nitrogen and oxygen atoms in total. The van der Waals surface area contributed by atoms with Crippen LogP contribution in [0.5, 0.6) is 0 Å². The minimum Gasteiger partial charge on any atom is -0.478 e. The van der Waals surface area contributed by atoms with Gasteiger partial charge in [-0.2, -0.15) is 0 Å². The molecule has 1 fully saturated rings. The van der Waals surface area contributed by atoms with Crippen molar-refractivity contribution in [2.24, 2.45) is 4.99 Å². The number of halogens is 1. The van der Waals surface area contributed by atoms with Crippen molar-refractivity contribution >= 4 is 46.5 Å². The second kappa shape index (κ2) is 6.78. The summed E-state index contributed by atoms with van der Waals surface area (Å²) in [6.45, 7) is 0. The van der Waals surface area contributed by atoms with E-state index in [9.17, 15) is 9.59 Å². The number of nitrogens with zero attached hydrogens (tertiary/aromatic N) is 2. The van der Waals surface area contributed by atoms with E-state index in [1.54, 1.807) is 38.4 Å². The van der Waals surface area contributed by atoms with E-state index in [-0.39, 0.29) is 16.5 Å². The smallest absolute Gasteiger partial charge is 0.337 e. The van der Waals surface area contributed by atoms with Gasteiger partial charge in [-0.25, -0.2) is 4.79 Å². The van der Waals surface area contributed by atoms with E-state index in [4.69, 9.17) is 21.1 Å². The molecule has 1 saturated heterocycles. The van der Waals surface area contributed by atoms with Crippen molar-refractivity contribution in [1.29, 1.82) is 0 Å². The lowest BCUT2D eigenvalue weighted by Crippen LogP contribution is -2.23. The lowest BCUT2D eigenvalue weighted by atomic mass is 10.1. The lowest BCUT2D eigenvalue weighted by Gasteiger charge is -2.04. The van der Waals surface area contributed by atoms with Gasteiger partial charge in [-0.3, -0.25) is 14.7 Å². The monoisotopic (exact) mass is 376 g/mol. The molecule has 8 heteroatoms. The van der Waals surface area contributed by atoms with Gasteiger partial charge in [-0.05, 0) is 36.0 Å². The van der Waals surface area contributed by atoms with Gasteiger partial charge in [-0.15, -0.1) is 0 Å². The summed E-state index contributed by atoms with van der Waals surface area (Å²) in [4.78, 5) is 29.2. The second-order valence-electron chi connectivity index (χ2n) is 5.18. The third-order valence-corrected chi connectivity index (χ3v) is 5.04. The van der Waals surface area contributed by atoms with Gasteiger partial charge in [0.15, 0.2) is 5.17 Å². The maximum Gasteiger partial charge on any atom is 0.337 e. The number of aromatic carboxylic acids is 1. The van der Waals surface area contributed by atoms with Crippen LogP contribution in [0.25, 0.3) is 17.4 Å². The minimum absolute atomic E-state index is 0.0293. The summed E-state index contributed by atoms with van der Waals surface area (Å²) >= 11 is 7.26. The fourth-order valence-corrected chi connectivity index (χ4v) is 3.47. The molecule has 128 valence electrons. The van der Waals surface area contributed by atoms with Crippen LogP contribution >= 0.6 is 23.4 Å². The Hall–Kier alpha value is -2.51. The fraction of sp³-hybridized carbons (Fsp3) is 0.118. The van der Waals surface area contributed by atoms with Crippen LogP contribution in [0.2, 0.25) is 5.02 Å². The zero-order chi connectivity index (χ0) is 18.1. The number of likely N-dealkylation sites (N-methyl/N-ethyl adjacent to an activating group) is 1. The van der Waals surface area contributed by atoms with E-state index in [1.807, 2.05) is 0 Å². The second-order valence-corrected chi connectivity index (χ2v) is 6.60. The largest absolute Gasteiger partial charge is 0.478 e. The van der Waals surface area contributed by atoms with Gasteiger partial charge in [0.25, 0.3) is 5.91 Å². The summed E-state index contributed by atoms with van der Waals surface area (Å²) in [5.41, 5.74) is 0.680. The number of carboxylic acids is 1. The van der Waals surface area contributed by atoms with Gasteiger partial charge in [0.05, 0.1) is 15.5 Å². The average Bonchev–Trinajstić information content (AvgIpc) is 3.15. The van der Waals surface area contributed by atoms with Crippen molar-refractivity contribution < 1.29 is 19.1 Å². The molecule has 1 N–H and O–H groups in total. The number of aliphatic imine (C=N–C) groups is 1. The molecular weight excluding hydrogens is 364 g/mol. The van der Waals surface area contributed by atoms with E-state index in [0.717, 1.165) is 0 Å². The predicted molar refractivity (Wildman–Crippen MR) is 97.8 cm³/mol. The van der Waals surface area contributed by atoms with E-state index in [0.29, 0.717) is 27.2 Å². The normalized spacial score (nSPS) is 17.7. The average molecular weight is 377 g/mol. The Labute approximate surface area is 152 Å². The molecule has 1 aliphatic heterocycles. The van der Waals surface area contributed by atoms with Crippen LogP contribution in [-0.4, -0.2) is 41.1 Å². The maximum atomic E-state index is 12.1. The molecule has 0 radical (unpaired) electrons. The van der Waals surface area contributed by atoms with Crippen LogP contribution in [0.3, 0.4) is 0 Å². The maximum absolute atomic E-state index is 12.1. The molecule has 1 aromatic carbocycles. The molecule has 0 spiro atoms. The van der Waals surface area contributed by atoms with Crippen molar-refractivity contribution in [2.75, 3.05) is 14.1 Å². The van der Waals surface area contributed by atoms with Crippen LogP contribution in [-0.2, 0) is 4.79 Å². The van der Waals surface area contributed by atoms with Crippen LogP contribution in [0.1, 0.15) is 16.1 Å². The quantitative estimate of drug-likeness (QED) is 0.823. The number of amides is 1. The van der Waals surface area contributed by atoms with Crippen molar-refractivity contribution in [3.8, 4) is 11.3 Å². The molecule has 1 amide bonds. The summed E-state index contributed by atoms with van der Waals surface area (Å²) in [5.74, 6) is -0.193. The van der Waals surface area contributed by atoms with E-state index >= 15 is 0 Å². The topological polar surface area (TPSA) is 83.1 Å². The third kappa shape index (κ3) is 3.33. The van der Waals surface area contributed by atoms with E-state index in [2.05, 4.69) is 4.99 Å². The van der Waals surface area contributed by atoms with Crippen molar-refractivity contribution in [2.45, 2.75) is 0 Å². The molecule has 0 unspecified atom stereocenters. The van der Waals surface area contributed by atoms with Gasteiger partial charge in [0.2, 0.25) is 0 Å². The number of hydrogen-bond acceptors (Lipinski definition) is 5. The molecule has 0 bridgehead atoms. The van der Waals surface area contributed by atoms with Gasteiger partial charge in [0, 0.05) is 25.7 Å². The Morgan fingerprint density at radius 1 is 1.36 bits per heavy atom. The molecule has 1 aliphatic rings. The van der Waals surface area contributed by atoms with Gasteiger partial charge in [-0.1, -0.05) is 17.7 Å². The van der Waals surface area contributed by atoms with Crippen LogP contribution < -0.4 is 0 Å². The molecule has 0 atom stereocenters. The van der Waals surface area contributed by atoms with Gasteiger partial charge in [0.1, 0.15) is 11.5 Å². The highest BCUT2D eigenvalue weighted by Gasteiger charge is 2.30. The van der Waals surface area contributed by atoms with Crippen LogP contribution in [0.15, 0.2) is 44.6 Å². The summed E-state index contributed by atoms with van der Waals surface area (Å²) in [5, 5.41) is 9.77. The SMILES string of the molecule is CN=C1S/C(=C\c2ccc(-c3ccc(C(=O)O)c(Cl)c3)o2)C(=O)N1C. The number of carboxylic acid groups (broad SMARTS) is 1. The molecule has 3 rings (SSSR count). The number of furan rings is 1. The summed E-state index contributed by atoms with van der Waals surface area (Å²) < 4.78 is 5.73. The Kier molecular flexibility index (Phi) is 4.69. The third-order valence-electron chi connectivity index (χ3n) is 3.58. The molecule has 1 aromatic heterocycles. The number of thioether (sulfide) groups is 1. The molecular formula is C17H13ClN2O4S. The Balaban J connectivity index is 1.89. The Bertz CT molecular complexity index is 932. The van der Waals surface area contributed by atoms with Crippen molar-refractivity contribution in [3.63, 3.8) is 0 Å². The molecule has 2 aromatic rings. The van der Waals surface area contributed by atoms with Crippen LogP contribution in [0.4, 0.5) is 0 Å². The summed E-state index contributed by atoms with van der Waals surface area (Å²) in [6, 6.07) is 8.05. The minimum atomic E-state index is -1.09. The first-order valence-electron chi connectivity index (χ1n) is 7.18. The molecule has 0 aliphatic carbocycles. The van der Waals surface area contributed by atoms with Crippen molar-refractivity contribution in [3.05, 3.63) is 51.6 Å². The predicted octanol–water partition coefficient (Wildman–Crippen LogP) is 3.83. The number of amidine groups is 1. The van der Waals surface area contributed by atoms with Crippen LogP contribution in [0, 0.1) is 0 Å². The number of rotatable bonds is 3. The first-order chi connectivity index (χ1) is 11.9. The first kappa shape index (κ1) is 17.3. The zero-order valence-electron chi connectivity index (χ0n) is 13.3. The summed E-state index contributed by atoms with van der Waals surface area (Å²) in [7, 11) is 3.29. The molecule has 0 saturated carbocycles. The first-order valence-corrected chi connectivity index (χ1v) is 8.37. The lowest BCUT2D eigenvalue weighted by molar-refractivity contribution is -0.121. The van der Waals surface area contributed by atoms with Gasteiger partial charge < -0.3 is 9.52 Å². The van der Waals surface area contributed by atoms with Crippen molar-refractivity contribution in [1.82, 2.24) is 4.90 Å². The number of carbonyl (C=O) groups is 2. The highest BCUT2D eigenvalue weighted by atomic mass is 35.5. The fourth-order valence-electron chi connectivity index (χ4n) is 2.31. The molecule has 25 heavy (non-hydrogen) atoms. The number of hydrogen-bond donors (Lipinski definition) is 1. The van der Waals surface area contributed by atoms with E-state index < -0.39 is 5.97 Å². The van der Waals surface area contributed by atoms with E-state index in [1.165, 1.54) is 28.8 Å². The number of carbonyl (C=O) groups excluding carboxylic acids is 1. The highest BCUT2D eigenvalue weighted by Crippen LogP contribution is 2.33. The Morgan fingerprint density at radius 2 is 2.12 bits per heavy atom. The molecule has 2 heterocycles. The number of benzene rings is 1. The Morgan fingerprint density at radius 3 is 2.72 bits per heavy atom. The summed E-state index contributed by atoms with van der Waals surface area (Å²) in [6.07, 6.45) is 1.65. The highest BCUT2D eigenvalue weighted by molar-refractivity contribution is 8.18. The standard InChI is InChI=1S/C17H13ClN2O4S/c1-19-17-20(2)15(21)14(25-17)8-10-4-6-13(24-10)9-3-5-11(16(22)23)12(18)7-9/h3-8H,1-2H3,(H,22,23)/b14-8-,19-17?. The van der Waals surface area contributed by atoms with Gasteiger partial charge >= 0.3 is 5.97 Å².